The van der Waals surface area contributed by atoms with E-state index in [9.17, 15) is 9.90 Å². The van der Waals surface area contributed by atoms with Gasteiger partial charge in [0.1, 0.15) is 0 Å². The van der Waals surface area contributed by atoms with E-state index in [4.69, 9.17) is 5.11 Å². The van der Waals surface area contributed by atoms with E-state index in [1.807, 2.05) is 19.1 Å². The Morgan fingerprint density at radius 1 is 1.19 bits per heavy atom. The van der Waals surface area contributed by atoms with Gasteiger partial charge in [-0.2, -0.15) is 0 Å². The number of carbonyl (C=O) groups is 1. The number of hydrogen-bond donors (Lipinski definition) is 2. The minimum absolute atomic E-state index is 0.479. The summed E-state index contributed by atoms with van der Waals surface area (Å²) in [5.74, 6) is -0.215. The highest BCUT2D eigenvalue weighted by atomic mass is 16.4. The molecule has 0 spiro atoms. The first-order chi connectivity index (χ1) is 9.97. The molecule has 0 aromatic carbocycles. The average molecular weight is 292 g/mol. The molecule has 0 heterocycles. The van der Waals surface area contributed by atoms with Gasteiger partial charge in [0, 0.05) is 6.08 Å². The highest BCUT2D eigenvalue weighted by Gasteiger charge is 2.02. The summed E-state index contributed by atoms with van der Waals surface area (Å²) in [6, 6.07) is 0. The summed E-state index contributed by atoms with van der Waals surface area (Å²) in [6.07, 6.45) is 15.4. The number of aliphatic hydroxyl groups excluding tert-OH is 1. The summed E-state index contributed by atoms with van der Waals surface area (Å²) in [5, 5.41) is 18.3. The minimum Gasteiger partial charge on any atom is -0.478 e. The van der Waals surface area contributed by atoms with E-state index in [0.29, 0.717) is 6.42 Å². The maximum atomic E-state index is 10.3. The Morgan fingerprint density at radius 3 is 2.52 bits per heavy atom. The fourth-order valence-corrected chi connectivity index (χ4v) is 1.62. The van der Waals surface area contributed by atoms with Crippen LogP contribution in [0, 0.1) is 5.92 Å². The fraction of sp³-hybridized carbons (Fsp3) is 0.500. The molecule has 2 atom stereocenters. The summed E-state index contributed by atoms with van der Waals surface area (Å²) in [5.41, 5.74) is 0.904. The van der Waals surface area contributed by atoms with Crippen molar-refractivity contribution in [3.63, 3.8) is 0 Å². The van der Waals surface area contributed by atoms with Crippen molar-refractivity contribution in [1.29, 1.82) is 0 Å². The van der Waals surface area contributed by atoms with E-state index in [1.165, 1.54) is 18.9 Å². The van der Waals surface area contributed by atoms with Crippen molar-refractivity contribution in [2.45, 2.75) is 52.6 Å². The molecule has 3 heteroatoms. The summed E-state index contributed by atoms with van der Waals surface area (Å²) < 4.78 is 0. The van der Waals surface area contributed by atoms with Gasteiger partial charge >= 0.3 is 5.97 Å². The average Bonchev–Trinajstić information content (AvgIpc) is 2.45. The fourth-order valence-electron chi connectivity index (χ4n) is 1.62. The first-order valence-corrected chi connectivity index (χ1v) is 7.54. The molecule has 0 aliphatic heterocycles. The van der Waals surface area contributed by atoms with Crippen LogP contribution in [-0.2, 0) is 4.79 Å². The second-order valence-corrected chi connectivity index (χ2v) is 5.31. The zero-order valence-electron chi connectivity index (χ0n) is 13.3. The van der Waals surface area contributed by atoms with E-state index in [-0.39, 0.29) is 0 Å². The minimum atomic E-state index is -0.973. The SMILES string of the molecule is CCC(C)CCC=CC=C(C)C(O)CC=CC=CC(=O)O. The van der Waals surface area contributed by atoms with Gasteiger partial charge in [-0.1, -0.05) is 56.7 Å². The lowest BCUT2D eigenvalue weighted by Gasteiger charge is -2.07. The third-order valence-corrected chi connectivity index (χ3v) is 3.39. The van der Waals surface area contributed by atoms with Crippen molar-refractivity contribution >= 4 is 5.97 Å². The van der Waals surface area contributed by atoms with Gasteiger partial charge in [0.2, 0.25) is 0 Å². The molecule has 0 bridgehead atoms. The molecular weight excluding hydrogens is 264 g/mol. The molecule has 0 saturated carbocycles. The number of aliphatic carboxylic acids is 1. The van der Waals surface area contributed by atoms with E-state index in [0.717, 1.165) is 24.0 Å². The number of carboxylic acid groups (broad SMARTS) is 1. The molecule has 0 amide bonds. The Labute approximate surface area is 128 Å². The lowest BCUT2D eigenvalue weighted by molar-refractivity contribution is -0.131. The molecule has 2 unspecified atom stereocenters. The third kappa shape index (κ3) is 11.9. The smallest absolute Gasteiger partial charge is 0.328 e. The van der Waals surface area contributed by atoms with E-state index in [1.54, 1.807) is 12.2 Å². The number of allylic oxidation sites excluding steroid dienone is 5. The van der Waals surface area contributed by atoms with Gasteiger partial charge in [0.25, 0.3) is 0 Å². The molecule has 0 aromatic heterocycles. The van der Waals surface area contributed by atoms with Gasteiger partial charge in [0.05, 0.1) is 6.10 Å². The second kappa shape index (κ2) is 12.2. The molecule has 118 valence electrons. The maximum absolute atomic E-state index is 10.3. The van der Waals surface area contributed by atoms with E-state index in [2.05, 4.69) is 19.9 Å². The van der Waals surface area contributed by atoms with Crippen molar-refractivity contribution in [3.05, 3.63) is 48.1 Å². The molecule has 0 aromatic rings. The molecule has 0 rings (SSSR count). The monoisotopic (exact) mass is 292 g/mol. The van der Waals surface area contributed by atoms with Gasteiger partial charge in [0.15, 0.2) is 0 Å². The normalized spacial score (nSPS) is 16.1. The van der Waals surface area contributed by atoms with Crippen LogP contribution in [-0.4, -0.2) is 22.3 Å². The Hall–Kier alpha value is -1.61. The van der Waals surface area contributed by atoms with Crippen molar-refractivity contribution in [1.82, 2.24) is 0 Å². The largest absolute Gasteiger partial charge is 0.478 e. The standard InChI is InChI=1S/C18H28O3/c1-4-15(2)11-7-5-8-12-16(3)17(19)13-9-6-10-14-18(20)21/h5-6,8-10,12,14-15,17,19H,4,7,11,13H2,1-3H3,(H,20,21). The molecule has 0 radical (unpaired) electrons. The highest BCUT2D eigenvalue weighted by Crippen LogP contribution is 2.10. The molecular formula is C18H28O3. The summed E-state index contributed by atoms with van der Waals surface area (Å²) in [4.78, 5) is 10.3. The third-order valence-electron chi connectivity index (χ3n) is 3.39. The topological polar surface area (TPSA) is 57.5 Å². The van der Waals surface area contributed by atoms with E-state index < -0.39 is 12.1 Å². The zero-order valence-corrected chi connectivity index (χ0v) is 13.3. The first kappa shape index (κ1) is 19.4. The van der Waals surface area contributed by atoms with Crippen LogP contribution in [0.2, 0.25) is 0 Å². The molecule has 2 N–H and O–H groups in total. The van der Waals surface area contributed by atoms with Gasteiger partial charge in [-0.05, 0) is 37.7 Å². The van der Waals surface area contributed by atoms with Crippen LogP contribution >= 0.6 is 0 Å². The van der Waals surface area contributed by atoms with Crippen molar-refractivity contribution in [2.75, 3.05) is 0 Å². The predicted molar refractivity (Wildman–Crippen MR) is 88.1 cm³/mol. The molecule has 0 aliphatic carbocycles. The zero-order chi connectivity index (χ0) is 16.1. The first-order valence-electron chi connectivity index (χ1n) is 7.54. The number of aliphatic hydroxyl groups is 1. The second-order valence-electron chi connectivity index (χ2n) is 5.31. The molecule has 0 fully saturated rings. The Bertz CT molecular complexity index is 403. The highest BCUT2D eigenvalue weighted by molar-refractivity contribution is 5.80. The number of hydrogen-bond acceptors (Lipinski definition) is 2. The van der Waals surface area contributed by atoms with Crippen molar-refractivity contribution < 1.29 is 15.0 Å². The van der Waals surface area contributed by atoms with Crippen molar-refractivity contribution in [2.24, 2.45) is 5.92 Å². The molecule has 3 nitrogen and oxygen atoms in total. The summed E-state index contributed by atoms with van der Waals surface area (Å²) >= 11 is 0. The van der Waals surface area contributed by atoms with Crippen LogP contribution in [0.4, 0.5) is 0 Å². The predicted octanol–water partition coefficient (Wildman–Crippen LogP) is 4.26. The maximum Gasteiger partial charge on any atom is 0.328 e. The van der Waals surface area contributed by atoms with Crippen LogP contribution in [0.5, 0.6) is 0 Å². The van der Waals surface area contributed by atoms with Gasteiger partial charge in [-0.3, -0.25) is 0 Å². The van der Waals surface area contributed by atoms with E-state index >= 15 is 0 Å². The molecule has 0 saturated heterocycles. The van der Waals surface area contributed by atoms with Gasteiger partial charge < -0.3 is 10.2 Å². The van der Waals surface area contributed by atoms with Gasteiger partial charge in [-0.15, -0.1) is 0 Å². The molecule has 21 heavy (non-hydrogen) atoms. The van der Waals surface area contributed by atoms with Crippen molar-refractivity contribution in [3.8, 4) is 0 Å². The Balaban J connectivity index is 4.07. The lowest BCUT2D eigenvalue weighted by Crippen LogP contribution is -2.05. The van der Waals surface area contributed by atoms with Crippen LogP contribution < -0.4 is 0 Å². The quantitative estimate of drug-likeness (QED) is 0.467. The molecule has 0 aliphatic rings. The summed E-state index contributed by atoms with van der Waals surface area (Å²) in [6.45, 7) is 6.35. The number of rotatable bonds is 10. The number of carboxylic acids is 1. The van der Waals surface area contributed by atoms with Crippen LogP contribution in [0.3, 0.4) is 0 Å². The van der Waals surface area contributed by atoms with Crippen LogP contribution in [0.25, 0.3) is 0 Å². The Morgan fingerprint density at radius 2 is 1.90 bits per heavy atom. The Kier molecular flexibility index (Phi) is 11.2. The van der Waals surface area contributed by atoms with Crippen LogP contribution in [0.1, 0.15) is 46.5 Å². The summed E-state index contributed by atoms with van der Waals surface area (Å²) in [7, 11) is 0. The van der Waals surface area contributed by atoms with Gasteiger partial charge in [-0.25, -0.2) is 4.79 Å². The lowest BCUT2D eigenvalue weighted by atomic mass is 10.0. The van der Waals surface area contributed by atoms with Crippen LogP contribution in [0.15, 0.2) is 48.1 Å².